The first-order chi connectivity index (χ1) is 16.6. The number of carbonyl (C=O) groups excluding carboxylic acids is 4. The molecule has 0 spiro atoms. The minimum Gasteiger partial charge on any atom is -0.481 e. The van der Waals surface area contributed by atoms with Crippen LogP contribution in [0.1, 0.15) is 12.5 Å². The summed E-state index contributed by atoms with van der Waals surface area (Å²) in [6.07, 6.45) is 1.35. The lowest BCUT2D eigenvalue weighted by Gasteiger charge is -2.13. The Hall–Kier alpha value is -3.32. The predicted octanol–water partition coefficient (Wildman–Crippen LogP) is 4.48. The summed E-state index contributed by atoms with van der Waals surface area (Å²) in [5, 5.41) is 1.23. The third-order valence-electron chi connectivity index (χ3n) is 4.39. The van der Waals surface area contributed by atoms with Crippen molar-refractivity contribution in [2.45, 2.75) is 6.92 Å². The summed E-state index contributed by atoms with van der Waals surface area (Å²) in [7, 11) is 0. The van der Waals surface area contributed by atoms with Gasteiger partial charge in [0.05, 0.1) is 17.2 Å². The number of amides is 3. The summed E-state index contributed by atoms with van der Waals surface area (Å²) in [4.78, 5) is 49.5. The monoisotopic (exact) mass is 572 g/mol. The van der Waals surface area contributed by atoms with Gasteiger partial charge in [-0.3, -0.25) is 19.3 Å². The van der Waals surface area contributed by atoms with Crippen LogP contribution in [0.4, 0.5) is 23.7 Å². The zero-order valence-corrected chi connectivity index (χ0v) is 20.3. The Morgan fingerprint density at radius 2 is 1.89 bits per heavy atom. The van der Waals surface area contributed by atoms with Gasteiger partial charge >= 0.3 is 5.97 Å². The van der Waals surface area contributed by atoms with Gasteiger partial charge in [-0.25, -0.2) is 18.0 Å². The Morgan fingerprint density at radius 3 is 2.60 bits per heavy atom. The molecular weight excluding hydrogens is 557 g/mol. The maximum absolute atomic E-state index is 13.8. The second-order valence-corrected chi connectivity index (χ2v) is 8.72. The van der Waals surface area contributed by atoms with Crippen LogP contribution in [0, 0.1) is 17.5 Å². The molecule has 1 saturated heterocycles. The number of nitrogens with zero attached hydrogens (tertiary/aromatic N) is 1. The van der Waals surface area contributed by atoms with E-state index in [0.717, 1.165) is 6.07 Å². The number of rotatable bonds is 8. The highest BCUT2D eigenvalue weighted by Crippen LogP contribution is 2.35. The van der Waals surface area contributed by atoms with Crippen molar-refractivity contribution in [1.29, 1.82) is 0 Å². The van der Waals surface area contributed by atoms with Gasteiger partial charge in [-0.1, -0.05) is 15.9 Å². The topological polar surface area (TPSA) is 102 Å². The second-order valence-electron chi connectivity index (χ2n) is 6.81. The Balaban J connectivity index is 1.74. The van der Waals surface area contributed by atoms with Crippen LogP contribution in [0.15, 0.2) is 39.7 Å². The van der Waals surface area contributed by atoms with Crippen LogP contribution in [0.25, 0.3) is 6.08 Å². The van der Waals surface area contributed by atoms with Crippen molar-refractivity contribution in [3.8, 4) is 5.75 Å². The van der Waals surface area contributed by atoms with E-state index in [1.807, 2.05) is 5.32 Å². The summed E-state index contributed by atoms with van der Waals surface area (Å²) in [5.74, 6) is -6.99. The number of nitrogens with one attached hydrogen (secondary N) is 1. The largest absolute Gasteiger partial charge is 0.481 e. The maximum Gasteiger partial charge on any atom is 0.344 e. The average Bonchev–Trinajstić information content (AvgIpc) is 3.06. The van der Waals surface area contributed by atoms with E-state index in [9.17, 15) is 32.3 Å². The number of thioether (sulfide) groups is 1. The van der Waals surface area contributed by atoms with E-state index in [1.165, 1.54) is 6.08 Å². The van der Waals surface area contributed by atoms with Crippen LogP contribution >= 0.6 is 27.7 Å². The van der Waals surface area contributed by atoms with Gasteiger partial charge in [0.2, 0.25) is 5.91 Å². The molecule has 0 bridgehead atoms. The first kappa shape index (κ1) is 26.3. The Morgan fingerprint density at radius 1 is 1.14 bits per heavy atom. The minimum absolute atomic E-state index is 0.0408. The van der Waals surface area contributed by atoms with E-state index in [-0.39, 0.29) is 23.9 Å². The van der Waals surface area contributed by atoms with Gasteiger partial charge in [-0.05, 0) is 55.1 Å². The van der Waals surface area contributed by atoms with Gasteiger partial charge in [0.1, 0.15) is 12.3 Å². The number of anilines is 1. The lowest BCUT2D eigenvalue weighted by atomic mass is 10.2. The second kappa shape index (κ2) is 11.4. The highest BCUT2D eigenvalue weighted by atomic mass is 79.9. The SMILES string of the molecule is CCOC(=O)COc1ccc(Br)cc1/C=C1/SC(=O)N(CC(=O)Nc2ccc(F)c(F)c2F)C1=O. The van der Waals surface area contributed by atoms with Gasteiger partial charge in [-0.2, -0.15) is 0 Å². The quantitative estimate of drug-likeness (QED) is 0.282. The number of hydrogen-bond acceptors (Lipinski definition) is 7. The number of imide groups is 1. The highest BCUT2D eigenvalue weighted by molar-refractivity contribution is 9.10. The summed E-state index contributed by atoms with van der Waals surface area (Å²) in [5.41, 5.74) is -0.281. The molecule has 1 aliphatic heterocycles. The van der Waals surface area contributed by atoms with Crippen molar-refractivity contribution in [2.24, 2.45) is 0 Å². The standard InChI is InChI=1S/C22H16BrF3N2O6S/c1-2-33-18(30)10-34-15-6-3-12(23)7-11(15)8-16-21(31)28(22(32)35-16)9-17(29)27-14-5-4-13(24)19(25)20(14)26/h3-8H,2,9-10H2,1H3,(H,27,29)/b16-8+. The molecule has 1 N–H and O–H groups in total. The van der Waals surface area contributed by atoms with Gasteiger partial charge in [0, 0.05) is 10.0 Å². The van der Waals surface area contributed by atoms with Crippen LogP contribution < -0.4 is 10.1 Å². The lowest BCUT2D eigenvalue weighted by molar-refractivity contribution is -0.145. The van der Waals surface area contributed by atoms with Crippen molar-refractivity contribution in [3.63, 3.8) is 0 Å². The molecule has 3 amide bonds. The van der Waals surface area contributed by atoms with E-state index >= 15 is 0 Å². The molecular formula is C22H16BrF3N2O6S. The van der Waals surface area contributed by atoms with Crippen molar-refractivity contribution >= 4 is 62.5 Å². The summed E-state index contributed by atoms with van der Waals surface area (Å²) < 4.78 is 51.1. The molecule has 184 valence electrons. The van der Waals surface area contributed by atoms with Crippen LogP contribution in [0.2, 0.25) is 0 Å². The number of hydrogen-bond donors (Lipinski definition) is 1. The molecule has 2 aromatic rings. The molecule has 1 heterocycles. The number of ether oxygens (including phenoxy) is 2. The fourth-order valence-electron chi connectivity index (χ4n) is 2.84. The first-order valence-corrected chi connectivity index (χ1v) is 11.5. The van der Waals surface area contributed by atoms with Crippen LogP contribution in [-0.4, -0.2) is 47.7 Å². The molecule has 0 saturated carbocycles. The van der Waals surface area contributed by atoms with Gasteiger partial charge in [-0.15, -0.1) is 0 Å². The normalized spacial score (nSPS) is 14.4. The molecule has 0 unspecified atom stereocenters. The van der Waals surface area contributed by atoms with E-state index in [2.05, 4.69) is 15.9 Å². The number of carbonyl (C=O) groups is 4. The Bertz CT molecular complexity index is 1240. The fourth-order valence-corrected chi connectivity index (χ4v) is 4.04. The van der Waals surface area contributed by atoms with E-state index < -0.39 is 52.7 Å². The first-order valence-electron chi connectivity index (χ1n) is 9.87. The number of esters is 1. The molecule has 0 aliphatic carbocycles. The zero-order chi connectivity index (χ0) is 25.7. The van der Waals surface area contributed by atoms with Crippen LogP contribution in [-0.2, 0) is 19.1 Å². The third kappa shape index (κ3) is 6.42. The number of halogens is 4. The van der Waals surface area contributed by atoms with Crippen LogP contribution in [0.3, 0.4) is 0 Å². The van der Waals surface area contributed by atoms with Crippen molar-refractivity contribution in [3.05, 3.63) is 62.7 Å². The van der Waals surface area contributed by atoms with E-state index in [0.29, 0.717) is 32.8 Å². The summed E-state index contributed by atoms with van der Waals surface area (Å²) in [6, 6.07) is 6.21. The number of benzene rings is 2. The Labute approximate surface area is 209 Å². The molecule has 1 fully saturated rings. The molecule has 35 heavy (non-hydrogen) atoms. The average molecular weight is 573 g/mol. The predicted molar refractivity (Wildman–Crippen MR) is 124 cm³/mol. The molecule has 0 atom stereocenters. The third-order valence-corrected chi connectivity index (χ3v) is 5.79. The zero-order valence-electron chi connectivity index (χ0n) is 17.9. The van der Waals surface area contributed by atoms with E-state index in [4.69, 9.17) is 9.47 Å². The lowest BCUT2D eigenvalue weighted by Crippen LogP contribution is -2.36. The fraction of sp³-hybridized carbons (Fsp3) is 0.182. The molecule has 0 radical (unpaired) electrons. The minimum atomic E-state index is -1.77. The maximum atomic E-state index is 13.8. The van der Waals surface area contributed by atoms with Crippen molar-refractivity contribution < 1.29 is 41.8 Å². The molecule has 1 aliphatic rings. The molecule has 3 rings (SSSR count). The van der Waals surface area contributed by atoms with Crippen molar-refractivity contribution in [2.75, 3.05) is 25.1 Å². The Kier molecular flexibility index (Phi) is 8.57. The van der Waals surface area contributed by atoms with E-state index in [1.54, 1.807) is 25.1 Å². The molecule has 13 heteroatoms. The van der Waals surface area contributed by atoms with Gasteiger partial charge in [0.15, 0.2) is 24.1 Å². The molecule has 8 nitrogen and oxygen atoms in total. The molecule has 0 aromatic heterocycles. The summed E-state index contributed by atoms with van der Waals surface area (Å²) >= 11 is 3.84. The van der Waals surface area contributed by atoms with Gasteiger partial charge < -0.3 is 14.8 Å². The van der Waals surface area contributed by atoms with Crippen molar-refractivity contribution in [1.82, 2.24) is 4.90 Å². The van der Waals surface area contributed by atoms with Crippen LogP contribution in [0.5, 0.6) is 5.75 Å². The van der Waals surface area contributed by atoms with Gasteiger partial charge in [0.25, 0.3) is 11.1 Å². The molecule has 2 aromatic carbocycles. The summed E-state index contributed by atoms with van der Waals surface area (Å²) in [6.45, 7) is 0.663. The smallest absolute Gasteiger partial charge is 0.344 e. The highest BCUT2D eigenvalue weighted by Gasteiger charge is 2.36.